The minimum Gasteiger partial charge on any atom is -0.496 e. The van der Waals surface area contributed by atoms with Crippen LogP contribution in [0.5, 0.6) is 17.4 Å². The average molecular weight is 810 g/mol. The Morgan fingerprint density at radius 2 is 1.86 bits per heavy atom. The number of carbonyl (C=O) groups excluding carboxylic acids is 4. The van der Waals surface area contributed by atoms with E-state index in [0.717, 1.165) is 37.7 Å². The summed E-state index contributed by atoms with van der Waals surface area (Å²) in [5.74, 6) is -0.945. The van der Waals surface area contributed by atoms with Gasteiger partial charge in [0.05, 0.1) is 31.0 Å². The standard InChI is InChI=1S/C41H55N5O10S/c1-7-25-21-41(25,38(49)45-57(51,52)27-15-16-27)44-36(47)30-18-26-22-46(30)37(48)35(40(3,4)5)43-39(50)56-31-14-10-12-23(31)11-9-13-24-17-28-29(19-32(24)53-6)42-34(54-8-2)20-33(28)55-26/h7,17,19-20,23,25-27,30-31,35H,1,8-16,18,21-22H2,2-6H3,(H,43,50)(H,44,47)(H,45,49)/t23-,25-,26+,30-,31-,35+,41+/m0/s1. The van der Waals surface area contributed by atoms with Crippen molar-refractivity contribution in [1.82, 2.24) is 25.2 Å². The number of carbonyl (C=O) groups is 4. The Kier molecular flexibility index (Phi) is 11.1. The topological polar surface area (TPSA) is 192 Å². The number of amides is 4. The molecule has 1 aromatic heterocycles. The second kappa shape index (κ2) is 15.6. The summed E-state index contributed by atoms with van der Waals surface area (Å²) in [6, 6.07) is 3.32. The van der Waals surface area contributed by atoms with Gasteiger partial charge >= 0.3 is 6.09 Å². The molecule has 4 amide bonds. The molecule has 2 aromatic rings. The number of hydrogen-bond donors (Lipinski definition) is 3. The maximum absolute atomic E-state index is 14.8. The van der Waals surface area contributed by atoms with Crippen LogP contribution in [0.3, 0.4) is 0 Å². The van der Waals surface area contributed by atoms with Crippen molar-refractivity contribution in [3.63, 3.8) is 0 Å². The van der Waals surface area contributed by atoms with E-state index in [-0.39, 0.29) is 31.4 Å². The van der Waals surface area contributed by atoms with Crippen LogP contribution in [0.25, 0.3) is 10.9 Å². The summed E-state index contributed by atoms with van der Waals surface area (Å²) in [7, 11) is -2.30. The number of nitrogens with one attached hydrogen (secondary N) is 3. The number of ether oxygens (including phenoxy) is 4. The monoisotopic (exact) mass is 809 g/mol. The Morgan fingerprint density at radius 1 is 1.11 bits per heavy atom. The van der Waals surface area contributed by atoms with Gasteiger partial charge in [0.2, 0.25) is 27.7 Å². The first-order valence-corrected chi connectivity index (χ1v) is 21.7. The Hall–Kier alpha value is -4.60. The molecule has 57 heavy (non-hydrogen) atoms. The fourth-order valence-electron chi connectivity index (χ4n) is 8.67. The first-order valence-electron chi connectivity index (χ1n) is 20.2. The van der Waals surface area contributed by atoms with Gasteiger partial charge in [-0.1, -0.05) is 26.8 Å². The maximum atomic E-state index is 14.8. The molecular weight excluding hydrogens is 755 g/mol. The van der Waals surface area contributed by atoms with Crippen molar-refractivity contribution in [1.29, 1.82) is 0 Å². The number of aryl methyl sites for hydroxylation is 1. The fourth-order valence-corrected chi connectivity index (χ4v) is 10.0. The lowest BCUT2D eigenvalue weighted by atomic mass is 9.85. The predicted molar refractivity (Wildman–Crippen MR) is 210 cm³/mol. The Bertz CT molecular complexity index is 2050. The van der Waals surface area contributed by atoms with Crippen LogP contribution in [0.4, 0.5) is 4.79 Å². The summed E-state index contributed by atoms with van der Waals surface area (Å²) < 4.78 is 52.1. The second-order valence-electron chi connectivity index (χ2n) is 17.2. The third-order valence-electron chi connectivity index (χ3n) is 12.1. The lowest BCUT2D eigenvalue weighted by Gasteiger charge is -2.35. The smallest absolute Gasteiger partial charge is 0.408 e. The molecule has 5 aliphatic rings. The van der Waals surface area contributed by atoms with Gasteiger partial charge in [0.25, 0.3) is 5.91 Å². The molecule has 3 saturated carbocycles. The van der Waals surface area contributed by atoms with Gasteiger partial charge in [-0.3, -0.25) is 19.1 Å². The molecule has 7 rings (SSSR count). The summed E-state index contributed by atoms with van der Waals surface area (Å²) in [6.45, 7) is 11.4. The van der Waals surface area contributed by atoms with Crippen LogP contribution in [0.2, 0.25) is 0 Å². The van der Waals surface area contributed by atoms with E-state index in [1.807, 2.05) is 39.8 Å². The average Bonchev–Trinajstić information content (AvgIpc) is 4.05. The number of benzene rings is 1. The lowest BCUT2D eigenvalue weighted by Crippen LogP contribution is -2.60. The van der Waals surface area contributed by atoms with Crippen molar-refractivity contribution in [3.8, 4) is 17.4 Å². The third-order valence-corrected chi connectivity index (χ3v) is 13.9. The lowest BCUT2D eigenvalue weighted by molar-refractivity contribution is -0.143. The number of pyridine rings is 1. The Labute approximate surface area is 334 Å². The molecule has 3 aliphatic carbocycles. The second-order valence-corrected chi connectivity index (χ2v) is 19.2. The van der Waals surface area contributed by atoms with Crippen molar-refractivity contribution < 1.29 is 46.5 Å². The highest BCUT2D eigenvalue weighted by atomic mass is 32.2. The zero-order valence-electron chi connectivity index (χ0n) is 33.4. The van der Waals surface area contributed by atoms with Crippen LogP contribution < -0.4 is 29.6 Å². The van der Waals surface area contributed by atoms with Crippen molar-refractivity contribution in [3.05, 3.63) is 36.4 Å². The number of hydrogen-bond acceptors (Lipinski definition) is 11. The highest BCUT2D eigenvalue weighted by molar-refractivity contribution is 7.91. The van der Waals surface area contributed by atoms with Gasteiger partial charge < -0.3 is 34.5 Å². The number of fused-ring (bicyclic) bond motifs is 4. The van der Waals surface area contributed by atoms with Gasteiger partial charge in [0, 0.05) is 29.9 Å². The van der Waals surface area contributed by atoms with E-state index in [1.165, 1.54) is 11.0 Å². The summed E-state index contributed by atoms with van der Waals surface area (Å²) in [5, 5.41) is 5.75. The molecule has 15 nitrogen and oxygen atoms in total. The van der Waals surface area contributed by atoms with Crippen molar-refractivity contribution in [2.75, 3.05) is 20.3 Å². The van der Waals surface area contributed by atoms with Gasteiger partial charge in [0.1, 0.15) is 41.3 Å². The highest BCUT2D eigenvalue weighted by Gasteiger charge is 2.62. The van der Waals surface area contributed by atoms with Crippen LogP contribution >= 0.6 is 0 Å². The molecule has 16 heteroatoms. The van der Waals surface area contributed by atoms with E-state index in [0.29, 0.717) is 54.2 Å². The summed E-state index contributed by atoms with van der Waals surface area (Å²) in [4.78, 5) is 62.6. The minimum absolute atomic E-state index is 0.0241. The first kappa shape index (κ1) is 40.6. The van der Waals surface area contributed by atoms with Gasteiger partial charge in [-0.2, -0.15) is 0 Å². The molecule has 3 heterocycles. The number of methoxy groups -OCH3 is 1. The van der Waals surface area contributed by atoms with E-state index >= 15 is 0 Å². The van der Waals surface area contributed by atoms with Crippen molar-refractivity contribution in [2.45, 2.75) is 127 Å². The molecule has 0 spiro atoms. The van der Waals surface area contributed by atoms with Crippen LogP contribution in [-0.4, -0.2) is 97.5 Å². The molecule has 0 unspecified atom stereocenters. The summed E-state index contributed by atoms with van der Waals surface area (Å²) in [5.41, 5.74) is -0.827. The van der Waals surface area contributed by atoms with Crippen molar-refractivity contribution in [2.24, 2.45) is 17.3 Å². The maximum Gasteiger partial charge on any atom is 0.408 e. The van der Waals surface area contributed by atoms with E-state index in [4.69, 9.17) is 23.9 Å². The van der Waals surface area contributed by atoms with E-state index in [2.05, 4.69) is 21.9 Å². The Balaban J connectivity index is 1.27. The molecule has 7 atom stereocenters. The van der Waals surface area contributed by atoms with Crippen molar-refractivity contribution >= 4 is 44.7 Å². The number of nitrogens with zero attached hydrogens (tertiary/aromatic N) is 2. The largest absolute Gasteiger partial charge is 0.496 e. The quantitative estimate of drug-likeness (QED) is 0.306. The molecule has 0 radical (unpaired) electrons. The SMILES string of the molecule is C=C[C@H]1C[C@]1(NC(=O)[C@@H]1C[C@@H]2CN1C(=O)[C@H](C(C)(C)C)NC(=O)O[C@H]1CCC[C@@H]1CCCc1cc3c(cc(OCC)nc3cc1OC)O2)C(=O)NS(=O)(=O)C1CC1. The molecular formula is C41H55N5O10S. The third kappa shape index (κ3) is 8.37. The molecule has 1 saturated heterocycles. The van der Waals surface area contributed by atoms with E-state index in [1.54, 1.807) is 13.2 Å². The summed E-state index contributed by atoms with van der Waals surface area (Å²) >= 11 is 0. The zero-order chi connectivity index (χ0) is 40.9. The van der Waals surface area contributed by atoms with Crippen LogP contribution in [0.15, 0.2) is 30.9 Å². The van der Waals surface area contributed by atoms with Crippen LogP contribution in [0, 0.1) is 17.3 Å². The first-order chi connectivity index (χ1) is 27.1. The van der Waals surface area contributed by atoms with Crippen LogP contribution in [0.1, 0.15) is 91.0 Å². The molecule has 2 aliphatic heterocycles. The Morgan fingerprint density at radius 3 is 2.53 bits per heavy atom. The summed E-state index contributed by atoms with van der Waals surface area (Å²) in [6.07, 6.45) is 5.77. The highest BCUT2D eigenvalue weighted by Crippen LogP contribution is 2.46. The van der Waals surface area contributed by atoms with E-state index in [9.17, 15) is 27.6 Å². The molecule has 1 aromatic carbocycles. The van der Waals surface area contributed by atoms with Gasteiger partial charge in [-0.05, 0) is 87.7 Å². The fraction of sp³-hybridized carbons (Fsp3) is 0.634. The molecule has 4 fully saturated rings. The van der Waals surface area contributed by atoms with E-state index < -0.39 is 74.1 Å². The van der Waals surface area contributed by atoms with Crippen LogP contribution in [-0.2, 0) is 35.6 Å². The van der Waals surface area contributed by atoms with Gasteiger partial charge in [-0.15, -0.1) is 6.58 Å². The molecule has 4 bridgehead atoms. The van der Waals surface area contributed by atoms with Gasteiger partial charge in [0.15, 0.2) is 0 Å². The normalized spacial score (nSPS) is 29.2. The number of alkyl carbamates (subject to hydrolysis) is 1. The molecule has 310 valence electrons. The number of rotatable bonds is 9. The zero-order valence-corrected chi connectivity index (χ0v) is 34.2. The predicted octanol–water partition coefficient (Wildman–Crippen LogP) is 4.31. The minimum atomic E-state index is -3.91. The number of sulfonamides is 1. The molecule has 3 N–H and O–H groups in total. The number of aromatic nitrogens is 1. The van der Waals surface area contributed by atoms with Gasteiger partial charge in [-0.25, -0.2) is 18.2 Å².